The fourth-order valence-electron chi connectivity index (χ4n) is 5.59. The second-order valence-electron chi connectivity index (χ2n) is 9.51. The predicted molar refractivity (Wildman–Crippen MR) is 139 cm³/mol. The van der Waals surface area contributed by atoms with E-state index in [-0.39, 0.29) is 18.4 Å². The molecule has 34 heavy (non-hydrogen) atoms. The van der Waals surface area contributed by atoms with E-state index in [1.54, 1.807) is 0 Å². The number of nitrogens with zero attached hydrogens (tertiary/aromatic N) is 1. The summed E-state index contributed by atoms with van der Waals surface area (Å²) < 4.78 is 13.1. The summed E-state index contributed by atoms with van der Waals surface area (Å²) in [5, 5.41) is 2.29. The third-order valence-electron chi connectivity index (χ3n) is 7.30. The Hall–Kier alpha value is -3.56. The molecule has 0 saturated carbocycles. The molecule has 2 heterocycles. The van der Waals surface area contributed by atoms with Gasteiger partial charge in [-0.1, -0.05) is 66.7 Å². The van der Waals surface area contributed by atoms with Gasteiger partial charge in [0, 0.05) is 22.0 Å². The molecule has 2 unspecified atom stereocenters. The van der Waals surface area contributed by atoms with Gasteiger partial charge in [0.2, 0.25) is 0 Å². The second-order valence-corrected chi connectivity index (χ2v) is 9.51. The van der Waals surface area contributed by atoms with Crippen molar-refractivity contribution in [1.82, 2.24) is 0 Å². The minimum absolute atomic E-state index is 0.0265. The zero-order valence-corrected chi connectivity index (χ0v) is 20.1. The lowest BCUT2D eigenvalue weighted by atomic mass is 9.98. The Kier molecular flexibility index (Phi) is 4.96. The minimum atomic E-state index is -0.171. The highest BCUT2D eigenvalue weighted by Gasteiger charge is 2.42. The standard InChI is InChI=1S/C31H29NO2/c1-19-11-10-12-20(2)29(19)31-32(22(4)30(34-31)23-13-6-5-7-14-23)26-18-25-24-15-8-9-16-27(24)33-28(25)17-21(26)3/h5-18,22,30-31H,1-4H3/t22-,30?,31?/m0/s1. The van der Waals surface area contributed by atoms with Crippen LogP contribution in [-0.2, 0) is 4.74 Å². The van der Waals surface area contributed by atoms with Gasteiger partial charge in [-0.15, -0.1) is 0 Å². The molecule has 0 radical (unpaired) electrons. The van der Waals surface area contributed by atoms with Gasteiger partial charge in [-0.05, 0) is 68.1 Å². The van der Waals surface area contributed by atoms with Crippen molar-refractivity contribution in [2.24, 2.45) is 0 Å². The van der Waals surface area contributed by atoms with E-state index in [2.05, 4.69) is 105 Å². The summed E-state index contributed by atoms with van der Waals surface area (Å²) in [6.45, 7) is 8.82. The molecule has 0 amide bonds. The van der Waals surface area contributed by atoms with Gasteiger partial charge in [0.15, 0.2) is 6.23 Å². The normalized spacial score (nSPS) is 20.5. The molecule has 1 aromatic heterocycles. The highest BCUT2D eigenvalue weighted by atomic mass is 16.5. The number of aryl methyl sites for hydroxylation is 3. The van der Waals surface area contributed by atoms with Crippen molar-refractivity contribution >= 4 is 27.6 Å². The summed E-state index contributed by atoms with van der Waals surface area (Å²) in [5.74, 6) is 0. The van der Waals surface area contributed by atoms with E-state index < -0.39 is 0 Å². The van der Waals surface area contributed by atoms with Gasteiger partial charge in [0.05, 0.1) is 6.04 Å². The summed E-state index contributed by atoms with van der Waals surface area (Å²) in [6.07, 6.45) is -0.197. The van der Waals surface area contributed by atoms with Crippen LogP contribution in [0.2, 0.25) is 0 Å². The highest BCUT2D eigenvalue weighted by molar-refractivity contribution is 6.06. The molecule has 0 bridgehead atoms. The van der Waals surface area contributed by atoms with Crippen molar-refractivity contribution in [2.75, 3.05) is 4.90 Å². The van der Waals surface area contributed by atoms with Crippen LogP contribution in [0.5, 0.6) is 0 Å². The van der Waals surface area contributed by atoms with Crippen molar-refractivity contribution in [3.8, 4) is 0 Å². The van der Waals surface area contributed by atoms with Crippen LogP contribution in [0.25, 0.3) is 21.9 Å². The van der Waals surface area contributed by atoms with Gasteiger partial charge in [0.1, 0.15) is 17.3 Å². The first-order chi connectivity index (χ1) is 16.5. The average molecular weight is 448 g/mol. The van der Waals surface area contributed by atoms with E-state index >= 15 is 0 Å². The molecule has 5 aromatic rings. The van der Waals surface area contributed by atoms with E-state index in [0.29, 0.717) is 0 Å². The van der Waals surface area contributed by atoms with Crippen LogP contribution >= 0.6 is 0 Å². The van der Waals surface area contributed by atoms with Gasteiger partial charge in [-0.3, -0.25) is 0 Å². The summed E-state index contributed by atoms with van der Waals surface area (Å²) >= 11 is 0. The van der Waals surface area contributed by atoms with Crippen LogP contribution in [0, 0.1) is 20.8 Å². The molecule has 0 aliphatic carbocycles. The lowest BCUT2D eigenvalue weighted by molar-refractivity contribution is 0.0411. The van der Waals surface area contributed by atoms with Crippen molar-refractivity contribution in [1.29, 1.82) is 0 Å². The van der Waals surface area contributed by atoms with Gasteiger partial charge in [-0.25, -0.2) is 0 Å². The molecule has 3 heteroatoms. The smallest absolute Gasteiger partial charge is 0.158 e. The van der Waals surface area contributed by atoms with Crippen LogP contribution in [0.1, 0.15) is 47.1 Å². The van der Waals surface area contributed by atoms with Crippen molar-refractivity contribution in [2.45, 2.75) is 46.1 Å². The number of fused-ring (bicyclic) bond motifs is 3. The van der Waals surface area contributed by atoms with E-state index in [4.69, 9.17) is 9.15 Å². The fraction of sp³-hybridized carbons (Fsp3) is 0.226. The Bertz CT molecular complexity index is 1480. The van der Waals surface area contributed by atoms with Crippen molar-refractivity contribution < 1.29 is 9.15 Å². The molecule has 3 atom stereocenters. The third-order valence-corrected chi connectivity index (χ3v) is 7.30. The average Bonchev–Trinajstić information content (AvgIpc) is 3.36. The van der Waals surface area contributed by atoms with Crippen molar-refractivity contribution in [3.63, 3.8) is 0 Å². The predicted octanol–water partition coefficient (Wildman–Crippen LogP) is 8.18. The molecule has 3 nitrogen and oxygen atoms in total. The maximum absolute atomic E-state index is 6.91. The van der Waals surface area contributed by atoms with Gasteiger partial charge in [0.25, 0.3) is 0 Å². The maximum atomic E-state index is 6.91. The number of ether oxygens (including phenoxy) is 1. The van der Waals surface area contributed by atoms with Gasteiger partial charge >= 0.3 is 0 Å². The lowest BCUT2D eigenvalue weighted by Crippen LogP contribution is -2.32. The largest absolute Gasteiger partial charge is 0.456 e. The van der Waals surface area contributed by atoms with E-state index in [1.165, 1.54) is 33.5 Å². The number of para-hydroxylation sites is 1. The van der Waals surface area contributed by atoms with Crippen molar-refractivity contribution in [3.05, 3.63) is 113 Å². The molecule has 1 fully saturated rings. The van der Waals surface area contributed by atoms with Crippen LogP contribution in [-0.4, -0.2) is 6.04 Å². The monoisotopic (exact) mass is 447 g/mol. The number of anilines is 1. The molecule has 0 N–H and O–H groups in total. The van der Waals surface area contributed by atoms with E-state index in [1.807, 2.05) is 12.1 Å². The molecule has 170 valence electrons. The number of hydrogen-bond donors (Lipinski definition) is 0. The Balaban J connectivity index is 1.56. The van der Waals surface area contributed by atoms with Crippen LogP contribution in [0.15, 0.2) is 89.3 Å². The topological polar surface area (TPSA) is 25.6 Å². The Morgan fingerprint density at radius 1 is 0.676 bits per heavy atom. The molecule has 0 spiro atoms. The Morgan fingerprint density at radius 2 is 1.38 bits per heavy atom. The summed E-state index contributed by atoms with van der Waals surface area (Å²) in [5.41, 5.74) is 9.20. The summed E-state index contributed by atoms with van der Waals surface area (Å²) in [6, 6.07) is 30.0. The number of rotatable bonds is 3. The van der Waals surface area contributed by atoms with E-state index in [0.717, 1.165) is 21.9 Å². The summed E-state index contributed by atoms with van der Waals surface area (Å²) in [7, 11) is 0. The van der Waals surface area contributed by atoms with Crippen LogP contribution in [0.3, 0.4) is 0 Å². The van der Waals surface area contributed by atoms with E-state index in [9.17, 15) is 0 Å². The molecule has 1 saturated heterocycles. The number of hydrogen-bond acceptors (Lipinski definition) is 3. The van der Waals surface area contributed by atoms with Gasteiger partial charge < -0.3 is 14.1 Å². The Labute approximate surface area is 200 Å². The third kappa shape index (κ3) is 3.23. The van der Waals surface area contributed by atoms with Crippen LogP contribution in [0.4, 0.5) is 5.69 Å². The minimum Gasteiger partial charge on any atom is -0.456 e. The SMILES string of the molecule is Cc1cc2oc3ccccc3c2cc1N1C(c2c(C)cccc2C)OC(c2ccccc2)[C@@H]1C. The first-order valence-corrected chi connectivity index (χ1v) is 12.0. The Morgan fingerprint density at radius 3 is 2.15 bits per heavy atom. The molecule has 4 aromatic carbocycles. The maximum Gasteiger partial charge on any atom is 0.158 e. The fourth-order valence-corrected chi connectivity index (χ4v) is 5.59. The molecular weight excluding hydrogens is 418 g/mol. The molecular formula is C31H29NO2. The zero-order valence-electron chi connectivity index (χ0n) is 20.1. The molecule has 6 rings (SSSR count). The number of furan rings is 1. The lowest BCUT2D eigenvalue weighted by Gasteiger charge is -2.32. The highest BCUT2D eigenvalue weighted by Crippen LogP contribution is 2.48. The first-order valence-electron chi connectivity index (χ1n) is 12.0. The van der Waals surface area contributed by atoms with Gasteiger partial charge in [-0.2, -0.15) is 0 Å². The molecule has 1 aliphatic heterocycles. The number of benzene rings is 4. The second kappa shape index (κ2) is 8.03. The summed E-state index contributed by atoms with van der Waals surface area (Å²) in [4.78, 5) is 2.48. The quantitative estimate of drug-likeness (QED) is 0.279. The zero-order chi connectivity index (χ0) is 23.4. The first kappa shape index (κ1) is 21.0. The van der Waals surface area contributed by atoms with Crippen LogP contribution < -0.4 is 4.90 Å². The molecule has 1 aliphatic rings.